The second-order valence-electron chi connectivity index (χ2n) is 16.8. The molecule has 0 bridgehead atoms. The highest BCUT2D eigenvalue weighted by atomic mass is 15.0. The molecule has 1 aliphatic rings. The third kappa shape index (κ3) is 5.69. The molecular weight excluding hydrogens is 739 g/mol. The van der Waals surface area contributed by atoms with Crippen LogP contribution >= 0.6 is 0 Å². The van der Waals surface area contributed by atoms with E-state index in [-0.39, 0.29) is 5.41 Å². The first-order valence-corrected chi connectivity index (χ1v) is 21.0. The molecule has 3 heteroatoms. The summed E-state index contributed by atoms with van der Waals surface area (Å²) >= 11 is 0. The van der Waals surface area contributed by atoms with Crippen molar-refractivity contribution < 1.29 is 0 Å². The van der Waals surface area contributed by atoms with Gasteiger partial charge in [-0.2, -0.15) is 0 Å². The second kappa shape index (κ2) is 13.7. The predicted molar refractivity (Wildman–Crippen MR) is 254 cm³/mol. The van der Waals surface area contributed by atoms with Gasteiger partial charge >= 0.3 is 0 Å². The molecule has 0 unspecified atom stereocenters. The van der Waals surface area contributed by atoms with Crippen molar-refractivity contribution in [2.75, 3.05) is 0 Å². The molecule has 10 aromatic carbocycles. The summed E-state index contributed by atoms with van der Waals surface area (Å²) in [6.07, 6.45) is 0. The maximum Gasteiger partial charge on any atom is 0.164 e. The van der Waals surface area contributed by atoms with Crippen molar-refractivity contribution in [2.45, 2.75) is 19.3 Å². The van der Waals surface area contributed by atoms with Crippen molar-refractivity contribution in [2.24, 2.45) is 0 Å². The van der Waals surface area contributed by atoms with Gasteiger partial charge in [-0.25, -0.2) is 15.0 Å². The molecule has 0 atom stereocenters. The summed E-state index contributed by atoms with van der Waals surface area (Å²) in [7, 11) is 0. The van der Waals surface area contributed by atoms with E-state index < -0.39 is 0 Å². The van der Waals surface area contributed by atoms with Crippen LogP contribution in [-0.2, 0) is 5.41 Å². The van der Waals surface area contributed by atoms with E-state index in [1.165, 1.54) is 76.8 Å². The number of nitrogens with zero attached hydrogens (tertiary/aromatic N) is 3. The molecule has 0 radical (unpaired) electrons. The summed E-state index contributed by atoms with van der Waals surface area (Å²) in [4.78, 5) is 15.4. The molecule has 1 aromatic heterocycles. The van der Waals surface area contributed by atoms with E-state index in [9.17, 15) is 0 Å². The van der Waals surface area contributed by atoms with Crippen molar-refractivity contribution in [3.05, 3.63) is 211 Å². The van der Waals surface area contributed by atoms with Gasteiger partial charge in [0.15, 0.2) is 17.5 Å². The molecule has 0 saturated carbocycles. The van der Waals surface area contributed by atoms with E-state index in [0.717, 1.165) is 27.8 Å². The van der Waals surface area contributed by atoms with Crippen LogP contribution in [0.15, 0.2) is 200 Å². The quantitative estimate of drug-likeness (QED) is 0.158. The van der Waals surface area contributed by atoms with Crippen molar-refractivity contribution in [3.8, 4) is 78.7 Å². The molecule has 0 fully saturated rings. The Morgan fingerprint density at radius 3 is 1.52 bits per heavy atom. The Bertz CT molecular complexity index is 3480. The van der Waals surface area contributed by atoms with Gasteiger partial charge in [-0.1, -0.05) is 196 Å². The summed E-state index contributed by atoms with van der Waals surface area (Å²) < 4.78 is 0. The van der Waals surface area contributed by atoms with E-state index in [1.807, 2.05) is 24.3 Å². The third-order valence-electron chi connectivity index (χ3n) is 12.9. The van der Waals surface area contributed by atoms with Gasteiger partial charge in [0.1, 0.15) is 0 Å². The minimum Gasteiger partial charge on any atom is -0.208 e. The average molecular weight is 778 g/mol. The SMILES string of the molecule is CC1(C)c2cc(-c3cccc(-c4ccc5ccc6cccc7ccc4c5c67)c3)ccc2-c2ccc(-c3nc(-c4ccccc4)nc(-c4ccccc4-c4ccccc4)n3)cc21. The Labute approximate surface area is 355 Å². The molecule has 0 amide bonds. The van der Waals surface area contributed by atoms with Crippen LogP contribution < -0.4 is 0 Å². The zero-order valence-corrected chi connectivity index (χ0v) is 33.9. The fourth-order valence-corrected chi connectivity index (χ4v) is 9.80. The Morgan fingerprint density at radius 2 is 0.787 bits per heavy atom. The summed E-state index contributed by atoms with van der Waals surface area (Å²) in [6.45, 7) is 4.69. The van der Waals surface area contributed by atoms with Gasteiger partial charge in [-0.15, -0.1) is 0 Å². The first-order valence-electron chi connectivity index (χ1n) is 21.0. The lowest BCUT2D eigenvalue weighted by atomic mass is 9.81. The lowest BCUT2D eigenvalue weighted by Crippen LogP contribution is -2.15. The number of aromatic nitrogens is 3. The number of hydrogen-bond acceptors (Lipinski definition) is 3. The summed E-state index contributed by atoms with van der Waals surface area (Å²) in [5, 5.41) is 7.84. The maximum absolute atomic E-state index is 5.22. The molecule has 0 N–H and O–H groups in total. The van der Waals surface area contributed by atoms with E-state index in [0.29, 0.717) is 17.5 Å². The highest BCUT2D eigenvalue weighted by Crippen LogP contribution is 2.51. The van der Waals surface area contributed by atoms with Crippen LogP contribution in [0.5, 0.6) is 0 Å². The van der Waals surface area contributed by atoms with Crippen LogP contribution in [0.3, 0.4) is 0 Å². The molecule has 3 nitrogen and oxygen atoms in total. The fourth-order valence-electron chi connectivity index (χ4n) is 9.80. The lowest BCUT2D eigenvalue weighted by Gasteiger charge is -2.22. The molecule has 1 heterocycles. The number of benzene rings is 10. The van der Waals surface area contributed by atoms with Gasteiger partial charge < -0.3 is 0 Å². The Balaban J connectivity index is 0.933. The van der Waals surface area contributed by atoms with Crippen LogP contribution in [0.2, 0.25) is 0 Å². The second-order valence-corrected chi connectivity index (χ2v) is 16.8. The summed E-state index contributed by atoms with van der Waals surface area (Å²) in [6, 6.07) is 72.1. The fraction of sp³-hybridized carbons (Fsp3) is 0.0517. The summed E-state index contributed by atoms with van der Waals surface area (Å²) in [5.74, 6) is 1.96. The van der Waals surface area contributed by atoms with Crippen molar-refractivity contribution in [1.29, 1.82) is 0 Å². The molecule has 11 aromatic rings. The van der Waals surface area contributed by atoms with Gasteiger partial charge in [0, 0.05) is 22.1 Å². The van der Waals surface area contributed by atoms with Crippen LogP contribution in [0, 0.1) is 0 Å². The zero-order valence-electron chi connectivity index (χ0n) is 33.9. The van der Waals surface area contributed by atoms with Gasteiger partial charge in [0.05, 0.1) is 0 Å². The Hall–Kier alpha value is -7.75. The summed E-state index contributed by atoms with van der Waals surface area (Å²) in [5.41, 5.74) is 14.9. The highest BCUT2D eigenvalue weighted by Gasteiger charge is 2.36. The average Bonchev–Trinajstić information content (AvgIpc) is 3.55. The number of hydrogen-bond donors (Lipinski definition) is 0. The maximum atomic E-state index is 5.22. The van der Waals surface area contributed by atoms with Crippen LogP contribution in [0.4, 0.5) is 0 Å². The molecule has 0 aliphatic heterocycles. The Morgan fingerprint density at radius 1 is 0.295 bits per heavy atom. The number of rotatable bonds is 6. The molecule has 286 valence electrons. The van der Waals surface area contributed by atoms with Crippen LogP contribution in [-0.4, -0.2) is 15.0 Å². The third-order valence-corrected chi connectivity index (χ3v) is 12.9. The molecule has 61 heavy (non-hydrogen) atoms. The van der Waals surface area contributed by atoms with Gasteiger partial charge in [-0.3, -0.25) is 0 Å². The van der Waals surface area contributed by atoms with Gasteiger partial charge in [0.25, 0.3) is 0 Å². The topological polar surface area (TPSA) is 38.7 Å². The first kappa shape index (κ1) is 35.2. The monoisotopic (exact) mass is 777 g/mol. The van der Waals surface area contributed by atoms with Gasteiger partial charge in [-0.05, 0) is 106 Å². The van der Waals surface area contributed by atoms with Crippen LogP contribution in [0.1, 0.15) is 25.0 Å². The van der Waals surface area contributed by atoms with E-state index in [2.05, 4.69) is 190 Å². The first-order chi connectivity index (χ1) is 30.0. The zero-order chi connectivity index (χ0) is 40.7. The van der Waals surface area contributed by atoms with Crippen molar-refractivity contribution in [1.82, 2.24) is 15.0 Å². The number of fused-ring (bicyclic) bond motifs is 3. The van der Waals surface area contributed by atoms with E-state index >= 15 is 0 Å². The largest absolute Gasteiger partial charge is 0.208 e. The Kier molecular flexibility index (Phi) is 7.88. The molecule has 1 aliphatic carbocycles. The predicted octanol–water partition coefficient (Wildman–Crippen LogP) is 15.1. The smallest absolute Gasteiger partial charge is 0.164 e. The van der Waals surface area contributed by atoms with Crippen LogP contribution in [0.25, 0.3) is 111 Å². The minimum absolute atomic E-state index is 0.252. The van der Waals surface area contributed by atoms with Crippen molar-refractivity contribution in [3.63, 3.8) is 0 Å². The van der Waals surface area contributed by atoms with Crippen molar-refractivity contribution >= 4 is 32.3 Å². The molecule has 0 spiro atoms. The standard InChI is InChI=1S/C58H39N3/c1-58(2)51-34-42(41-19-12-20-43(33-41)46-29-25-39-24-23-37-17-11-18-38-26-32-49(46)54(39)53(37)38)27-30-47(51)48-31-28-44(35-52(48)58)56-59-55(40-15-7-4-8-16-40)60-57(61-56)50-22-10-9-21-45(50)36-13-5-3-6-14-36/h3-35H,1-2H3. The van der Waals surface area contributed by atoms with Gasteiger partial charge in [0.2, 0.25) is 0 Å². The van der Waals surface area contributed by atoms with E-state index in [1.54, 1.807) is 0 Å². The molecular formula is C58H39N3. The lowest BCUT2D eigenvalue weighted by molar-refractivity contribution is 0.661. The minimum atomic E-state index is -0.252. The normalized spacial score (nSPS) is 12.9. The van der Waals surface area contributed by atoms with E-state index in [4.69, 9.17) is 15.0 Å². The molecule has 12 rings (SSSR count). The molecule has 0 saturated heterocycles. The highest BCUT2D eigenvalue weighted by molar-refractivity contribution is 6.25.